The Balaban J connectivity index is 1.60. The number of hydrogen-bond acceptors (Lipinski definition) is 5. The molecule has 0 N–H and O–H groups in total. The Bertz CT molecular complexity index is 968. The number of thiophene rings is 1. The zero-order valence-corrected chi connectivity index (χ0v) is 16.5. The molecule has 1 saturated heterocycles. The van der Waals surface area contributed by atoms with Gasteiger partial charge in [-0.3, -0.25) is 4.79 Å². The maximum absolute atomic E-state index is 14.5. The van der Waals surface area contributed by atoms with Gasteiger partial charge in [-0.15, -0.1) is 11.3 Å². The third-order valence-electron chi connectivity index (χ3n) is 4.97. The molecule has 3 aromatic rings. The topological polar surface area (TPSA) is 49.3 Å². The first-order valence-corrected chi connectivity index (χ1v) is 10.3. The summed E-state index contributed by atoms with van der Waals surface area (Å²) in [7, 11) is 0. The number of aromatic nitrogens is 2. The van der Waals surface area contributed by atoms with Crippen LogP contribution < -0.4 is 9.80 Å². The monoisotopic (exact) mass is 414 g/mol. The summed E-state index contributed by atoms with van der Waals surface area (Å²) in [6.07, 6.45) is 4.86. The Morgan fingerprint density at radius 3 is 2.76 bits per heavy atom. The summed E-state index contributed by atoms with van der Waals surface area (Å²) in [6, 6.07) is 8.86. The Morgan fingerprint density at radius 1 is 1.21 bits per heavy atom. The van der Waals surface area contributed by atoms with Crippen molar-refractivity contribution in [3.05, 3.63) is 70.7 Å². The van der Waals surface area contributed by atoms with E-state index in [1.807, 2.05) is 22.4 Å². The molecule has 0 saturated carbocycles. The second kappa shape index (κ2) is 8.65. The zero-order chi connectivity index (χ0) is 20.2. The summed E-state index contributed by atoms with van der Waals surface area (Å²) in [5, 5.41) is 1.91. The molecule has 150 valence electrons. The van der Waals surface area contributed by atoms with Crippen molar-refractivity contribution < 1.29 is 13.6 Å². The van der Waals surface area contributed by atoms with Crippen molar-refractivity contribution in [2.75, 3.05) is 22.9 Å². The first-order chi connectivity index (χ1) is 14.1. The van der Waals surface area contributed by atoms with E-state index in [2.05, 4.69) is 9.97 Å². The molecule has 0 aliphatic carbocycles. The Labute approximate surface area is 171 Å². The molecule has 1 aliphatic heterocycles. The second-order valence-electron chi connectivity index (χ2n) is 6.93. The van der Waals surface area contributed by atoms with Crippen molar-refractivity contribution in [3.8, 4) is 0 Å². The van der Waals surface area contributed by atoms with Crippen LogP contribution in [0.4, 0.5) is 20.4 Å². The van der Waals surface area contributed by atoms with Crippen LogP contribution >= 0.6 is 11.3 Å². The molecule has 4 rings (SSSR count). The number of carbonyl (C=O) groups excluding carboxylic acids is 1. The third kappa shape index (κ3) is 4.42. The van der Waals surface area contributed by atoms with E-state index in [4.69, 9.17) is 0 Å². The standard InChI is InChI=1S/C21H20F2N4OS/c22-16-6-7-19(18(23)12-16)27(14-17-5-2-11-29-17)20(28)15-4-1-10-26(13-15)21-24-8-3-9-25-21/h2-3,5-9,11-12,15H,1,4,10,13-14H2/t15-/m1/s1. The van der Waals surface area contributed by atoms with Crippen molar-refractivity contribution in [3.63, 3.8) is 0 Å². The van der Waals surface area contributed by atoms with Crippen LogP contribution in [0.15, 0.2) is 54.2 Å². The molecule has 0 radical (unpaired) electrons. The van der Waals surface area contributed by atoms with Gasteiger partial charge in [0.2, 0.25) is 11.9 Å². The number of hydrogen-bond donors (Lipinski definition) is 0. The Kier molecular flexibility index (Phi) is 5.80. The van der Waals surface area contributed by atoms with Crippen molar-refractivity contribution in [1.82, 2.24) is 9.97 Å². The lowest BCUT2D eigenvalue weighted by Crippen LogP contribution is -2.45. The predicted molar refractivity (Wildman–Crippen MR) is 109 cm³/mol. The molecule has 1 fully saturated rings. The fraction of sp³-hybridized carbons (Fsp3) is 0.286. The molecule has 0 bridgehead atoms. The van der Waals surface area contributed by atoms with E-state index in [9.17, 15) is 13.6 Å². The number of rotatable bonds is 5. The fourth-order valence-electron chi connectivity index (χ4n) is 3.58. The number of halogens is 2. The maximum atomic E-state index is 14.5. The van der Waals surface area contributed by atoms with Crippen LogP contribution in [0, 0.1) is 17.6 Å². The van der Waals surface area contributed by atoms with Gasteiger partial charge < -0.3 is 9.80 Å². The van der Waals surface area contributed by atoms with Crippen LogP contribution in [0.1, 0.15) is 17.7 Å². The molecule has 5 nitrogen and oxygen atoms in total. The molecule has 1 aromatic carbocycles. The molecule has 1 aliphatic rings. The summed E-state index contributed by atoms with van der Waals surface area (Å²) in [5.74, 6) is -1.32. The maximum Gasteiger partial charge on any atom is 0.232 e. The molecule has 0 spiro atoms. The number of nitrogens with zero attached hydrogens (tertiary/aromatic N) is 4. The van der Waals surface area contributed by atoms with Gasteiger partial charge >= 0.3 is 0 Å². The van der Waals surface area contributed by atoms with Crippen molar-refractivity contribution in [2.45, 2.75) is 19.4 Å². The van der Waals surface area contributed by atoms with E-state index >= 15 is 0 Å². The van der Waals surface area contributed by atoms with E-state index in [1.165, 1.54) is 28.4 Å². The van der Waals surface area contributed by atoms with Gasteiger partial charge in [-0.1, -0.05) is 6.07 Å². The van der Waals surface area contributed by atoms with Crippen LogP contribution in [0.5, 0.6) is 0 Å². The molecule has 1 amide bonds. The molecule has 29 heavy (non-hydrogen) atoms. The van der Waals surface area contributed by atoms with E-state index in [1.54, 1.807) is 18.5 Å². The number of amides is 1. The highest BCUT2D eigenvalue weighted by molar-refractivity contribution is 7.09. The van der Waals surface area contributed by atoms with E-state index in [0.29, 0.717) is 18.9 Å². The number of carbonyl (C=O) groups is 1. The smallest absolute Gasteiger partial charge is 0.232 e. The van der Waals surface area contributed by atoms with Gasteiger partial charge in [0.05, 0.1) is 18.2 Å². The molecule has 8 heteroatoms. The van der Waals surface area contributed by atoms with Crippen molar-refractivity contribution in [2.24, 2.45) is 5.92 Å². The highest BCUT2D eigenvalue weighted by atomic mass is 32.1. The van der Waals surface area contributed by atoms with Gasteiger partial charge in [0.25, 0.3) is 0 Å². The predicted octanol–water partition coefficient (Wildman–Crippen LogP) is 4.27. The van der Waals surface area contributed by atoms with Crippen LogP contribution in [0.25, 0.3) is 0 Å². The average Bonchev–Trinajstić information content (AvgIpc) is 3.26. The summed E-state index contributed by atoms with van der Waals surface area (Å²) in [4.78, 5) is 26.3. The fourth-order valence-corrected chi connectivity index (χ4v) is 4.27. The molecule has 3 heterocycles. The summed E-state index contributed by atoms with van der Waals surface area (Å²) in [6.45, 7) is 1.48. The lowest BCUT2D eigenvalue weighted by atomic mass is 9.96. The van der Waals surface area contributed by atoms with Gasteiger partial charge in [-0.05, 0) is 42.5 Å². The third-order valence-corrected chi connectivity index (χ3v) is 5.83. The van der Waals surface area contributed by atoms with Gasteiger partial charge in [0.15, 0.2) is 0 Å². The zero-order valence-electron chi connectivity index (χ0n) is 15.7. The van der Waals surface area contributed by atoms with Gasteiger partial charge in [-0.25, -0.2) is 18.7 Å². The Hall–Kier alpha value is -2.87. The number of benzene rings is 1. The average molecular weight is 414 g/mol. The summed E-state index contributed by atoms with van der Waals surface area (Å²) in [5.41, 5.74) is 0.0953. The molecule has 0 unspecified atom stereocenters. The van der Waals surface area contributed by atoms with E-state index < -0.39 is 11.6 Å². The SMILES string of the molecule is O=C([C@@H]1CCCN(c2ncccn2)C1)N(Cc1cccs1)c1ccc(F)cc1F. The highest BCUT2D eigenvalue weighted by Crippen LogP contribution is 2.29. The van der Waals surface area contributed by atoms with Crippen LogP contribution in [0.3, 0.4) is 0 Å². The number of piperidine rings is 1. The lowest BCUT2D eigenvalue weighted by Gasteiger charge is -2.35. The first-order valence-electron chi connectivity index (χ1n) is 9.42. The number of anilines is 2. The molecular formula is C21H20F2N4OS. The van der Waals surface area contributed by atoms with Crippen molar-refractivity contribution >= 4 is 28.9 Å². The Morgan fingerprint density at radius 2 is 2.03 bits per heavy atom. The van der Waals surface area contributed by atoms with Crippen LogP contribution in [-0.4, -0.2) is 29.0 Å². The largest absolute Gasteiger partial charge is 0.340 e. The highest BCUT2D eigenvalue weighted by Gasteiger charge is 2.32. The van der Waals surface area contributed by atoms with Crippen LogP contribution in [-0.2, 0) is 11.3 Å². The molecular weight excluding hydrogens is 394 g/mol. The summed E-state index contributed by atoms with van der Waals surface area (Å²) >= 11 is 1.50. The minimum absolute atomic E-state index is 0.0953. The van der Waals surface area contributed by atoms with Gasteiger partial charge in [-0.2, -0.15) is 0 Å². The minimum Gasteiger partial charge on any atom is -0.340 e. The quantitative estimate of drug-likeness (QED) is 0.626. The summed E-state index contributed by atoms with van der Waals surface area (Å²) < 4.78 is 28.0. The van der Waals surface area contributed by atoms with E-state index in [0.717, 1.165) is 23.9 Å². The lowest BCUT2D eigenvalue weighted by molar-refractivity contribution is -0.122. The van der Waals surface area contributed by atoms with E-state index in [-0.39, 0.29) is 24.1 Å². The molecule has 1 atom stereocenters. The van der Waals surface area contributed by atoms with Gasteiger partial charge in [0, 0.05) is 36.4 Å². The minimum atomic E-state index is -0.742. The van der Waals surface area contributed by atoms with Gasteiger partial charge in [0.1, 0.15) is 11.6 Å². The van der Waals surface area contributed by atoms with Crippen molar-refractivity contribution in [1.29, 1.82) is 0 Å². The normalized spacial score (nSPS) is 16.6. The van der Waals surface area contributed by atoms with Crippen LogP contribution in [0.2, 0.25) is 0 Å². The first kappa shape index (κ1) is 19.4. The molecule has 2 aromatic heterocycles. The second-order valence-corrected chi connectivity index (χ2v) is 7.97.